The summed E-state index contributed by atoms with van der Waals surface area (Å²) in [4.78, 5) is 0. The number of sulfone groups is 1. The summed E-state index contributed by atoms with van der Waals surface area (Å²) in [5.41, 5.74) is 1.73. The van der Waals surface area contributed by atoms with Crippen molar-refractivity contribution in [3.05, 3.63) is 17.5 Å². The van der Waals surface area contributed by atoms with Crippen LogP contribution in [0.25, 0.3) is 0 Å². The van der Waals surface area contributed by atoms with E-state index >= 15 is 0 Å². The molecule has 1 aromatic rings. The Morgan fingerprint density at radius 3 is 2.50 bits per heavy atom. The highest BCUT2D eigenvalue weighted by molar-refractivity contribution is 7.92. The molecule has 0 fully saturated rings. The van der Waals surface area contributed by atoms with Crippen LogP contribution >= 0.6 is 0 Å². The number of aliphatic hydroxyl groups is 1. The van der Waals surface area contributed by atoms with Crippen molar-refractivity contribution in [1.82, 2.24) is 9.78 Å². The number of rotatable bonds is 5. The van der Waals surface area contributed by atoms with Crippen LogP contribution in [-0.4, -0.2) is 40.4 Å². The minimum Gasteiger partial charge on any atom is -0.391 e. The van der Waals surface area contributed by atoms with E-state index in [0.717, 1.165) is 17.6 Å². The third kappa shape index (κ3) is 2.92. The lowest BCUT2D eigenvalue weighted by Gasteiger charge is -2.28. The van der Waals surface area contributed by atoms with Crippen LogP contribution in [0.4, 0.5) is 0 Å². The number of hydrogen-bond acceptors (Lipinski definition) is 4. The lowest BCUT2D eigenvalue weighted by atomic mass is 10.0. The second kappa shape index (κ2) is 5.01. The average molecular weight is 274 g/mol. The molecule has 18 heavy (non-hydrogen) atoms. The summed E-state index contributed by atoms with van der Waals surface area (Å²) in [6, 6.07) is 1.88. The number of hydrogen-bond donors (Lipinski definition) is 1. The van der Waals surface area contributed by atoms with E-state index in [-0.39, 0.29) is 6.42 Å². The monoisotopic (exact) mass is 274 g/mol. The van der Waals surface area contributed by atoms with Crippen molar-refractivity contribution < 1.29 is 13.5 Å². The van der Waals surface area contributed by atoms with Gasteiger partial charge in [0.15, 0.2) is 9.84 Å². The molecule has 104 valence electrons. The van der Waals surface area contributed by atoms with E-state index in [1.807, 2.05) is 19.9 Å². The first-order chi connectivity index (χ1) is 8.09. The highest BCUT2D eigenvalue weighted by Crippen LogP contribution is 2.23. The second-order valence-electron chi connectivity index (χ2n) is 5.19. The third-order valence-electron chi connectivity index (χ3n) is 3.45. The molecule has 0 aromatic carbocycles. The van der Waals surface area contributed by atoms with Crippen LogP contribution < -0.4 is 0 Å². The number of aromatic nitrogens is 2. The van der Waals surface area contributed by atoms with Crippen molar-refractivity contribution in [1.29, 1.82) is 0 Å². The van der Waals surface area contributed by atoms with Gasteiger partial charge in [-0.3, -0.25) is 4.68 Å². The maximum absolute atomic E-state index is 11.7. The van der Waals surface area contributed by atoms with E-state index in [2.05, 4.69) is 5.10 Å². The summed E-state index contributed by atoms with van der Waals surface area (Å²) in [5.74, 6) is 0. The van der Waals surface area contributed by atoms with Crippen LogP contribution in [0, 0.1) is 6.92 Å². The topological polar surface area (TPSA) is 72.2 Å². The van der Waals surface area contributed by atoms with Crippen molar-refractivity contribution in [3.8, 4) is 0 Å². The molecule has 6 heteroatoms. The summed E-state index contributed by atoms with van der Waals surface area (Å²) < 4.78 is 23.9. The van der Waals surface area contributed by atoms with Gasteiger partial charge < -0.3 is 5.11 Å². The lowest BCUT2D eigenvalue weighted by Crippen LogP contribution is -2.44. The molecule has 5 nitrogen and oxygen atoms in total. The molecule has 1 aromatic heterocycles. The van der Waals surface area contributed by atoms with Crippen molar-refractivity contribution in [3.63, 3.8) is 0 Å². The molecule has 0 spiro atoms. The molecule has 1 N–H and O–H groups in total. The molecule has 1 heterocycles. The van der Waals surface area contributed by atoms with E-state index in [9.17, 15) is 13.5 Å². The van der Waals surface area contributed by atoms with Gasteiger partial charge in [0, 0.05) is 24.9 Å². The summed E-state index contributed by atoms with van der Waals surface area (Å²) in [6.07, 6.45) is 0.488. The Morgan fingerprint density at radius 2 is 2.06 bits per heavy atom. The number of nitrogens with zero attached hydrogens (tertiary/aromatic N) is 2. The van der Waals surface area contributed by atoms with Crippen molar-refractivity contribution >= 4 is 9.84 Å². The fourth-order valence-corrected chi connectivity index (χ4v) is 2.31. The van der Waals surface area contributed by atoms with Gasteiger partial charge in [0.05, 0.1) is 16.5 Å². The van der Waals surface area contributed by atoms with Gasteiger partial charge in [0.1, 0.15) is 0 Å². The Hall–Kier alpha value is -0.880. The minimum absolute atomic E-state index is 0.286. The minimum atomic E-state index is -3.31. The van der Waals surface area contributed by atoms with Crippen LogP contribution in [-0.2, 0) is 22.8 Å². The second-order valence-corrected chi connectivity index (χ2v) is 7.78. The summed E-state index contributed by atoms with van der Waals surface area (Å²) in [6.45, 7) is 7.64. The lowest BCUT2D eigenvalue weighted by molar-refractivity contribution is 0.135. The predicted octanol–water partition coefficient (Wildman–Crippen LogP) is 0.938. The Kier molecular flexibility index (Phi) is 4.23. The molecule has 1 unspecified atom stereocenters. The van der Waals surface area contributed by atoms with Gasteiger partial charge in [-0.1, -0.05) is 0 Å². The molecule has 0 radical (unpaired) electrons. The zero-order valence-corrected chi connectivity index (χ0v) is 12.5. The molecule has 0 saturated carbocycles. The number of aliphatic hydroxyl groups excluding tert-OH is 1. The van der Waals surface area contributed by atoms with Gasteiger partial charge in [-0.15, -0.1) is 0 Å². The highest BCUT2D eigenvalue weighted by atomic mass is 32.2. The Labute approximate surface area is 109 Å². The summed E-state index contributed by atoms with van der Waals surface area (Å²) in [5, 5.41) is 14.5. The fourth-order valence-electron chi connectivity index (χ4n) is 1.73. The van der Waals surface area contributed by atoms with Crippen LogP contribution in [0.15, 0.2) is 6.07 Å². The van der Waals surface area contributed by atoms with Crippen LogP contribution in [0.2, 0.25) is 0 Å². The van der Waals surface area contributed by atoms with E-state index in [1.54, 1.807) is 18.5 Å². The van der Waals surface area contributed by atoms with Gasteiger partial charge in [-0.05, 0) is 33.8 Å². The zero-order valence-electron chi connectivity index (χ0n) is 11.6. The van der Waals surface area contributed by atoms with E-state index < -0.39 is 20.7 Å². The highest BCUT2D eigenvalue weighted by Gasteiger charge is 2.38. The Morgan fingerprint density at radius 1 is 1.50 bits per heavy atom. The smallest absolute Gasteiger partial charge is 0.155 e. The molecular formula is C12H22N2O3S. The summed E-state index contributed by atoms with van der Waals surface area (Å²) >= 11 is 0. The maximum Gasteiger partial charge on any atom is 0.155 e. The normalized spacial score (nSPS) is 14.8. The van der Waals surface area contributed by atoms with Gasteiger partial charge >= 0.3 is 0 Å². The van der Waals surface area contributed by atoms with E-state index in [0.29, 0.717) is 6.54 Å². The SMILES string of the molecule is CCn1nc(C)cc1CC(O)C(C)(C)S(C)(=O)=O. The summed E-state index contributed by atoms with van der Waals surface area (Å²) in [7, 11) is -3.31. The van der Waals surface area contributed by atoms with Gasteiger partial charge in [0.25, 0.3) is 0 Å². The maximum atomic E-state index is 11.7. The molecule has 1 atom stereocenters. The first kappa shape index (κ1) is 15.2. The molecular weight excluding hydrogens is 252 g/mol. The Bertz CT molecular complexity index is 517. The van der Waals surface area contributed by atoms with E-state index in [1.165, 1.54) is 0 Å². The van der Waals surface area contributed by atoms with Crippen molar-refractivity contribution in [2.75, 3.05) is 6.26 Å². The van der Waals surface area contributed by atoms with Gasteiger partial charge in [-0.25, -0.2) is 8.42 Å². The third-order valence-corrected chi connectivity index (χ3v) is 5.63. The molecule has 0 aliphatic rings. The molecule has 1 rings (SSSR count). The Balaban J connectivity index is 2.97. The fraction of sp³-hybridized carbons (Fsp3) is 0.750. The molecule has 0 saturated heterocycles. The predicted molar refractivity (Wildman–Crippen MR) is 71.3 cm³/mol. The van der Waals surface area contributed by atoms with Crippen LogP contribution in [0.3, 0.4) is 0 Å². The first-order valence-electron chi connectivity index (χ1n) is 6.00. The van der Waals surface area contributed by atoms with Crippen molar-refractivity contribution in [2.24, 2.45) is 0 Å². The van der Waals surface area contributed by atoms with Crippen LogP contribution in [0.5, 0.6) is 0 Å². The van der Waals surface area contributed by atoms with Crippen molar-refractivity contribution in [2.45, 2.75) is 51.5 Å². The average Bonchev–Trinajstić information content (AvgIpc) is 2.56. The molecule has 0 aliphatic carbocycles. The number of aryl methyl sites for hydroxylation is 2. The molecule has 0 aliphatic heterocycles. The van der Waals surface area contributed by atoms with Gasteiger partial charge in [0.2, 0.25) is 0 Å². The quantitative estimate of drug-likeness (QED) is 0.867. The zero-order chi connectivity index (χ0) is 14.1. The molecule has 0 amide bonds. The van der Waals surface area contributed by atoms with Gasteiger partial charge in [-0.2, -0.15) is 5.10 Å². The van der Waals surface area contributed by atoms with E-state index in [4.69, 9.17) is 0 Å². The first-order valence-corrected chi connectivity index (χ1v) is 7.89. The standard InChI is InChI=1S/C12H22N2O3S/c1-6-14-10(7-9(2)13-14)8-11(15)12(3,4)18(5,16)17/h7,11,15H,6,8H2,1-5H3. The van der Waals surface area contributed by atoms with Crippen LogP contribution in [0.1, 0.15) is 32.2 Å². The molecule has 0 bridgehead atoms. The largest absolute Gasteiger partial charge is 0.391 e.